The fraction of sp³-hybridized carbons (Fsp3) is 0.217. The second-order valence-corrected chi connectivity index (χ2v) is 10.2. The number of nitrogens with zero attached hydrogens (tertiary/aromatic N) is 3. The third-order valence-electron chi connectivity index (χ3n) is 4.99. The molecule has 0 atom stereocenters. The lowest BCUT2D eigenvalue weighted by molar-refractivity contribution is -0.113. The average molecular weight is 515 g/mol. The number of aryl methyl sites for hydroxylation is 1. The molecule has 1 aromatic carbocycles. The molecule has 1 N–H and O–H groups in total. The van der Waals surface area contributed by atoms with Gasteiger partial charge in [-0.15, -0.1) is 32.9 Å². The summed E-state index contributed by atoms with van der Waals surface area (Å²) in [5.74, 6) is 0.812. The van der Waals surface area contributed by atoms with Crippen molar-refractivity contribution >= 4 is 51.3 Å². The molecule has 0 bridgehead atoms. The maximum absolute atomic E-state index is 12.7. The van der Waals surface area contributed by atoms with Crippen LogP contribution in [0.4, 0.5) is 5.00 Å². The molecule has 176 valence electrons. The molecule has 34 heavy (non-hydrogen) atoms. The van der Waals surface area contributed by atoms with Crippen LogP contribution in [0.3, 0.4) is 0 Å². The zero-order chi connectivity index (χ0) is 24.2. The number of ether oxygens (including phenoxy) is 2. The van der Waals surface area contributed by atoms with Crippen molar-refractivity contribution in [2.75, 3.05) is 25.3 Å². The molecular formula is C23H22N4O4S3. The highest BCUT2D eigenvalue weighted by Crippen LogP contribution is 2.37. The first-order valence-electron chi connectivity index (χ1n) is 10.1. The highest BCUT2D eigenvalue weighted by Gasteiger charge is 2.23. The summed E-state index contributed by atoms with van der Waals surface area (Å²) in [6.07, 6.45) is 0. The molecule has 0 spiro atoms. The number of aromatic nitrogens is 3. The predicted octanol–water partition coefficient (Wildman–Crippen LogP) is 5.11. The van der Waals surface area contributed by atoms with E-state index in [0.29, 0.717) is 27.0 Å². The van der Waals surface area contributed by atoms with Crippen LogP contribution in [0.1, 0.15) is 15.2 Å². The van der Waals surface area contributed by atoms with Crippen molar-refractivity contribution in [2.45, 2.75) is 12.1 Å². The standard InChI is InChI=1S/C23H22N4O4S3/c1-13-9-15(10-32-13)20-25-26-23(27(20)2)34-12-18(28)24-21-19(22(29)31-4)17(11-33-21)14-5-7-16(30-3)8-6-14/h5-11H,12H2,1-4H3,(H,24,28). The number of hydrogen-bond acceptors (Lipinski definition) is 9. The summed E-state index contributed by atoms with van der Waals surface area (Å²) in [7, 11) is 4.79. The molecule has 11 heteroatoms. The molecule has 4 rings (SSSR count). The Hall–Kier alpha value is -3.15. The van der Waals surface area contributed by atoms with Gasteiger partial charge in [-0.1, -0.05) is 23.9 Å². The Labute approximate surface area is 208 Å². The van der Waals surface area contributed by atoms with Crippen LogP contribution in [0.25, 0.3) is 22.5 Å². The Morgan fingerprint density at radius 1 is 1.09 bits per heavy atom. The highest BCUT2D eigenvalue weighted by atomic mass is 32.2. The fourth-order valence-corrected chi connectivity index (χ4v) is 5.65. The van der Waals surface area contributed by atoms with Gasteiger partial charge < -0.3 is 19.4 Å². The van der Waals surface area contributed by atoms with Gasteiger partial charge in [0.2, 0.25) is 5.91 Å². The van der Waals surface area contributed by atoms with E-state index in [1.807, 2.05) is 53.6 Å². The normalized spacial score (nSPS) is 10.8. The summed E-state index contributed by atoms with van der Waals surface area (Å²) in [4.78, 5) is 26.5. The zero-order valence-electron chi connectivity index (χ0n) is 18.9. The highest BCUT2D eigenvalue weighted by molar-refractivity contribution is 7.99. The van der Waals surface area contributed by atoms with Crippen molar-refractivity contribution < 1.29 is 19.1 Å². The molecule has 0 unspecified atom stereocenters. The van der Waals surface area contributed by atoms with Gasteiger partial charge in [-0.3, -0.25) is 4.79 Å². The number of carbonyl (C=O) groups is 2. The molecule has 0 aliphatic rings. The number of methoxy groups -OCH3 is 2. The molecule has 0 saturated heterocycles. The summed E-state index contributed by atoms with van der Waals surface area (Å²) in [6, 6.07) is 9.40. The van der Waals surface area contributed by atoms with Gasteiger partial charge >= 0.3 is 5.97 Å². The summed E-state index contributed by atoms with van der Waals surface area (Å²) in [5, 5.41) is 16.3. The van der Waals surface area contributed by atoms with Crippen LogP contribution in [0, 0.1) is 6.92 Å². The minimum absolute atomic E-state index is 0.116. The predicted molar refractivity (Wildman–Crippen MR) is 136 cm³/mol. The largest absolute Gasteiger partial charge is 0.497 e. The molecule has 0 fully saturated rings. The summed E-state index contributed by atoms with van der Waals surface area (Å²) in [5.41, 5.74) is 2.83. The Bertz CT molecular complexity index is 1320. The lowest BCUT2D eigenvalue weighted by Gasteiger charge is -2.08. The number of carbonyl (C=O) groups excluding carboxylic acids is 2. The van der Waals surface area contributed by atoms with E-state index in [9.17, 15) is 9.59 Å². The van der Waals surface area contributed by atoms with Gasteiger partial charge in [0.25, 0.3) is 0 Å². The number of esters is 1. The zero-order valence-corrected chi connectivity index (χ0v) is 21.4. The fourth-order valence-electron chi connectivity index (χ4n) is 3.28. The molecule has 0 radical (unpaired) electrons. The number of nitrogens with one attached hydrogen (secondary N) is 1. The van der Waals surface area contributed by atoms with Crippen LogP contribution in [0.15, 0.2) is 46.2 Å². The third kappa shape index (κ3) is 5.01. The molecule has 0 aliphatic carbocycles. The molecule has 4 aromatic rings. The van der Waals surface area contributed by atoms with E-state index in [1.165, 1.54) is 35.1 Å². The van der Waals surface area contributed by atoms with Crippen LogP contribution in [-0.4, -0.2) is 46.6 Å². The molecule has 0 saturated carbocycles. The van der Waals surface area contributed by atoms with E-state index < -0.39 is 5.97 Å². The lowest BCUT2D eigenvalue weighted by Crippen LogP contribution is -2.16. The lowest BCUT2D eigenvalue weighted by atomic mass is 10.0. The molecule has 0 aliphatic heterocycles. The number of anilines is 1. The van der Waals surface area contributed by atoms with Crippen LogP contribution in [0.5, 0.6) is 5.75 Å². The first-order chi connectivity index (χ1) is 16.4. The number of amides is 1. The van der Waals surface area contributed by atoms with Crippen molar-refractivity contribution in [1.29, 1.82) is 0 Å². The monoisotopic (exact) mass is 514 g/mol. The van der Waals surface area contributed by atoms with Crippen molar-refractivity contribution in [1.82, 2.24) is 14.8 Å². The van der Waals surface area contributed by atoms with Gasteiger partial charge in [-0.05, 0) is 30.7 Å². The molecule has 8 nitrogen and oxygen atoms in total. The van der Waals surface area contributed by atoms with E-state index in [0.717, 1.165) is 17.0 Å². The van der Waals surface area contributed by atoms with Crippen molar-refractivity contribution in [3.63, 3.8) is 0 Å². The maximum atomic E-state index is 12.7. The number of benzene rings is 1. The summed E-state index contributed by atoms with van der Waals surface area (Å²) < 4.78 is 12.1. The van der Waals surface area contributed by atoms with Gasteiger partial charge in [0.05, 0.1) is 20.0 Å². The topological polar surface area (TPSA) is 95.3 Å². The van der Waals surface area contributed by atoms with Crippen molar-refractivity contribution in [3.8, 4) is 28.3 Å². The smallest absolute Gasteiger partial charge is 0.341 e. The van der Waals surface area contributed by atoms with E-state index in [4.69, 9.17) is 9.47 Å². The Morgan fingerprint density at radius 3 is 2.50 bits per heavy atom. The molecule has 3 heterocycles. The van der Waals surface area contributed by atoms with E-state index >= 15 is 0 Å². The van der Waals surface area contributed by atoms with Crippen molar-refractivity contribution in [2.24, 2.45) is 7.05 Å². The number of hydrogen-bond donors (Lipinski definition) is 1. The van der Waals surface area contributed by atoms with Crippen LogP contribution < -0.4 is 10.1 Å². The van der Waals surface area contributed by atoms with Gasteiger partial charge in [0.1, 0.15) is 16.3 Å². The molecule has 1 amide bonds. The van der Waals surface area contributed by atoms with E-state index in [2.05, 4.69) is 21.6 Å². The molecular weight excluding hydrogens is 492 g/mol. The quantitative estimate of drug-likeness (QED) is 0.258. The van der Waals surface area contributed by atoms with Crippen LogP contribution in [-0.2, 0) is 16.6 Å². The Kier molecular flexibility index (Phi) is 7.35. The maximum Gasteiger partial charge on any atom is 0.341 e. The summed E-state index contributed by atoms with van der Waals surface area (Å²) in [6.45, 7) is 2.04. The second-order valence-electron chi connectivity index (χ2n) is 7.22. The van der Waals surface area contributed by atoms with Gasteiger partial charge in [0, 0.05) is 33.8 Å². The van der Waals surface area contributed by atoms with Crippen LogP contribution in [0.2, 0.25) is 0 Å². The SMILES string of the molecule is COC(=O)c1c(-c2ccc(OC)cc2)csc1NC(=O)CSc1nnc(-c2csc(C)c2)n1C. The van der Waals surface area contributed by atoms with Gasteiger partial charge in [0.15, 0.2) is 11.0 Å². The third-order valence-corrected chi connectivity index (χ3v) is 7.77. The van der Waals surface area contributed by atoms with Crippen molar-refractivity contribution in [3.05, 3.63) is 51.5 Å². The number of thiophene rings is 2. The number of rotatable bonds is 8. The first-order valence-corrected chi connectivity index (χ1v) is 12.9. The minimum atomic E-state index is -0.515. The minimum Gasteiger partial charge on any atom is -0.497 e. The van der Waals surface area contributed by atoms with E-state index in [-0.39, 0.29) is 11.7 Å². The van der Waals surface area contributed by atoms with E-state index in [1.54, 1.807) is 18.4 Å². The Balaban J connectivity index is 1.48. The molecule has 3 aromatic heterocycles. The van der Waals surface area contributed by atoms with Gasteiger partial charge in [-0.25, -0.2) is 4.79 Å². The Morgan fingerprint density at radius 2 is 1.85 bits per heavy atom. The average Bonchev–Trinajstić information content (AvgIpc) is 3.56. The second kappa shape index (κ2) is 10.4. The first kappa shape index (κ1) is 24.0. The summed E-state index contributed by atoms with van der Waals surface area (Å²) >= 11 is 4.20. The van der Waals surface area contributed by atoms with Gasteiger partial charge in [-0.2, -0.15) is 0 Å². The number of thioether (sulfide) groups is 1. The van der Waals surface area contributed by atoms with Crippen LogP contribution >= 0.6 is 34.4 Å².